The van der Waals surface area contributed by atoms with Crippen molar-refractivity contribution in [2.45, 2.75) is 46.2 Å². The lowest BCUT2D eigenvalue weighted by atomic mass is 10.0. The number of hydrogen-bond acceptors (Lipinski definition) is 2. The number of benzene rings is 1. The Labute approximate surface area is 136 Å². The fourth-order valence-corrected chi connectivity index (χ4v) is 2.99. The molecule has 1 aromatic carbocycles. The molecular weight excluding hydrogens is 305 g/mol. The summed E-state index contributed by atoms with van der Waals surface area (Å²) in [5.74, 6) is 0. The molecule has 0 aliphatic rings. The van der Waals surface area contributed by atoms with E-state index in [1.807, 2.05) is 29.8 Å². The third-order valence-corrected chi connectivity index (χ3v) is 4.36. The van der Waals surface area contributed by atoms with Crippen LogP contribution in [0, 0.1) is 0 Å². The number of aromatic nitrogens is 2. The van der Waals surface area contributed by atoms with Gasteiger partial charge in [0.05, 0.1) is 22.3 Å². The van der Waals surface area contributed by atoms with Gasteiger partial charge in [0.15, 0.2) is 0 Å². The summed E-state index contributed by atoms with van der Waals surface area (Å²) in [5, 5.41) is 5.87. The van der Waals surface area contributed by atoms with Crippen molar-refractivity contribution in [2.75, 3.05) is 0 Å². The normalized spacial score (nSPS) is 12.7. The molecule has 0 saturated heterocycles. The lowest BCUT2D eigenvalue weighted by Crippen LogP contribution is -2.11. The van der Waals surface area contributed by atoms with Crippen molar-refractivity contribution < 1.29 is 0 Å². The SMILES string of the molecule is CCc1nn(Cc2ccc(Cl)c(Cl)c2)c(CC)c1C(C)N. The first-order chi connectivity index (χ1) is 9.97. The van der Waals surface area contributed by atoms with E-state index in [1.165, 1.54) is 11.3 Å². The van der Waals surface area contributed by atoms with Crippen molar-refractivity contribution in [3.05, 3.63) is 50.8 Å². The van der Waals surface area contributed by atoms with Gasteiger partial charge in [-0.05, 0) is 37.5 Å². The van der Waals surface area contributed by atoms with E-state index in [0.717, 1.165) is 24.1 Å². The molecular formula is C16H21Cl2N3. The lowest BCUT2D eigenvalue weighted by molar-refractivity contribution is 0.637. The molecule has 3 nitrogen and oxygen atoms in total. The third-order valence-electron chi connectivity index (χ3n) is 3.62. The number of rotatable bonds is 5. The topological polar surface area (TPSA) is 43.8 Å². The maximum Gasteiger partial charge on any atom is 0.0672 e. The van der Waals surface area contributed by atoms with Crippen LogP contribution in [0.5, 0.6) is 0 Å². The molecule has 2 rings (SSSR count). The lowest BCUT2D eigenvalue weighted by Gasteiger charge is -2.11. The smallest absolute Gasteiger partial charge is 0.0672 e. The van der Waals surface area contributed by atoms with Crippen molar-refractivity contribution in [1.29, 1.82) is 0 Å². The van der Waals surface area contributed by atoms with Crippen molar-refractivity contribution in [3.8, 4) is 0 Å². The number of nitrogens with two attached hydrogens (primary N) is 1. The Morgan fingerprint density at radius 3 is 2.43 bits per heavy atom. The summed E-state index contributed by atoms with van der Waals surface area (Å²) in [5.41, 5.74) is 10.7. The molecule has 0 spiro atoms. The predicted octanol–water partition coefficient (Wildman–Crippen LogP) is 4.38. The molecule has 0 aliphatic heterocycles. The van der Waals surface area contributed by atoms with Gasteiger partial charge in [-0.1, -0.05) is 43.1 Å². The fraction of sp³-hybridized carbons (Fsp3) is 0.438. The number of nitrogens with zero attached hydrogens (tertiary/aromatic N) is 2. The van der Waals surface area contributed by atoms with Gasteiger partial charge >= 0.3 is 0 Å². The second kappa shape index (κ2) is 6.82. The first-order valence-electron chi connectivity index (χ1n) is 7.25. The van der Waals surface area contributed by atoms with E-state index in [-0.39, 0.29) is 6.04 Å². The zero-order valence-corrected chi connectivity index (χ0v) is 14.2. The molecule has 0 amide bonds. The standard InChI is InChI=1S/C16H21Cl2N3/c1-4-14-16(10(3)19)15(5-2)21(20-14)9-11-6-7-12(17)13(18)8-11/h6-8,10H,4-5,9,19H2,1-3H3. The molecule has 2 N–H and O–H groups in total. The Morgan fingerprint density at radius 2 is 1.90 bits per heavy atom. The van der Waals surface area contributed by atoms with E-state index in [4.69, 9.17) is 34.0 Å². The summed E-state index contributed by atoms with van der Waals surface area (Å²) in [6, 6.07) is 5.69. The first-order valence-corrected chi connectivity index (χ1v) is 8.01. The Morgan fingerprint density at radius 1 is 1.19 bits per heavy atom. The van der Waals surface area contributed by atoms with Crippen LogP contribution in [0.4, 0.5) is 0 Å². The molecule has 1 atom stereocenters. The first kappa shape index (κ1) is 16.3. The van der Waals surface area contributed by atoms with Crippen LogP contribution in [0.25, 0.3) is 0 Å². The highest BCUT2D eigenvalue weighted by Gasteiger charge is 2.18. The van der Waals surface area contributed by atoms with Gasteiger partial charge in [-0.15, -0.1) is 0 Å². The van der Waals surface area contributed by atoms with Crippen molar-refractivity contribution >= 4 is 23.2 Å². The minimum Gasteiger partial charge on any atom is -0.324 e. The zero-order valence-electron chi connectivity index (χ0n) is 12.7. The Kier molecular flexibility index (Phi) is 5.31. The van der Waals surface area contributed by atoms with Crippen LogP contribution >= 0.6 is 23.2 Å². The Hall–Kier alpha value is -1.03. The Balaban J connectivity index is 2.41. The van der Waals surface area contributed by atoms with E-state index in [1.54, 1.807) is 0 Å². The summed E-state index contributed by atoms with van der Waals surface area (Å²) in [6.45, 7) is 6.93. The number of halogens is 2. The van der Waals surface area contributed by atoms with Gasteiger partial charge in [0.1, 0.15) is 0 Å². The molecule has 0 bridgehead atoms. The second-order valence-corrected chi connectivity index (χ2v) is 6.02. The molecule has 1 unspecified atom stereocenters. The minimum absolute atomic E-state index is 0.00236. The van der Waals surface area contributed by atoms with Gasteiger partial charge in [-0.25, -0.2) is 0 Å². The third kappa shape index (κ3) is 3.42. The number of hydrogen-bond donors (Lipinski definition) is 1. The Bertz CT molecular complexity index is 633. The molecule has 0 saturated carbocycles. The largest absolute Gasteiger partial charge is 0.324 e. The van der Waals surface area contributed by atoms with Gasteiger partial charge < -0.3 is 5.73 Å². The molecule has 1 aromatic heterocycles. The van der Waals surface area contributed by atoms with Gasteiger partial charge in [-0.2, -0.15) is 5.10 Å². The summed E-state index contributed by atoms with van der Waals surface area (Å²) in [6.07, 6.45) is 1.80. The van der Waals surface area contributed by atoms with Crippen LogP contribution in [0.15, 0.2) is 18.2 Å². The quantitative estimate of drug-likeness (QED) is 0.886. The van der Waals surface area contributed by atoms with Crippen LogP contribution in [0.2, 0.25) is 10.0 Å². The highest BCUT2D eigenvalue weighted by Crippen LogP contribution is 2.25. The minimum atomic E-state index is -0.00236. The van der Waals surface area contributed by atoms with Gasteiger partial charge in [0.25, 0.3) is 0 Å². The second-order valence-electron chi connectivity index (χ2n) is 5.21. The molecule has 0 radical (unpaired) electrons. The van der Waals surface area contributed by atoms with Gasteiger partial charge in [-0.3, -0.25) is 4.68 Å². The monoisotopic (exact) mass is 325 g/mol. The van der Waals surface area contributed by atoms with Crippen LogP contribution in [-0.4, -0.2) is 9.78 Å². The highest BCUT2D eigenvalue weighted by molar-refractivity contribution is 6.42. The van der Waals surface area contributed by atoms with E-state index in [2.05, 4.69) is 13.8 Å². The van der Waals surface area contributed by atoms with E-state index >= 15 is 0 Å². The molecule has 5 heteroatoms. The van der Waals surface area contributed by atoms with E-state index < -0.39 is 0 Å². The van der Waals surface area contributed by atoms with E-state index in [0.29, 0.717) is 16.6 Å². The molecule has 0 aliphatic carbocycles. The van der Waals surface area contributed by atoms with Gasteiger partial charge in [0.2, 0.25) is 0 Å². The molecule has 2 aromatic rings. The van der Waals surface area contributed by atoms with Crippen LogP contribution in [0.1, 0.15) is 49.3 Å². The average molecular weight is 326 g/mol. The fourth-order valence-electron chi connectivity index (χ4n) is 2.67. The summed E-state index contributed by atoms with van der Waals surface area (Å²) in [7, 11) is 0. The van der Waals surface area contributed by atoms with Crippen molar-refractivity contribution in [2.24, 2.45) is 5.73 Å². The predicted molar refractivity (Wildman–Crippen MR) is 89.1 cm³/mol. The van der Waals surface area contributed by atoms with Crippen LogP contribution < -0.4 is 5.73 Å². The van der Waals surface area contributed by atoms with Crippen molar-refractivity contribution in [1.82, 2.24) is 9.78 Å². The van der Waals surface area contributed by atoms with E-state index in [9.17, 15) is 0 Å². The molecule has 0 fully saturated rings. The molecule has 21 heavy (non-hydrogen) atoms. The summed E-state index contributed by atoms with van der Waals surface area (Å²) >= 11 is 12.1. The van der Waals surface area contributed by atoms with Crippen LogP contribution in [-0.2, 0) is 19.4 Å². The summed E-state index contributed by atoms with van der Waals surface area (Å²) < 4.78 is 2.04. The number of aryl methyl sites for hydroxylation is 1. The maximum atomic E-state index is 6.13. The highest BCUT2D eigenvalue weighted by atomic mass is 35.5. The average Bonchev–Trinajstić information content (AvgIpc) is 2.80. The maximum absolute atomic E-state index is 6.13. The molecule has 1 heterocycles. The van der Waals surface area contributed by atoms with Crippen LogP contribution in [0.3, 0.4) is 0 Å². The zero-order chi connectivity index (χ0) is 15.6. The van der Waals surface area contributed by atoms with Crippen molar-refractivity contribution in [3.63, 3.8) is 0 Å². The molecule has 114 valence electrons. The van der Waals surface area contributed by atoms with Gasteiger partial charge in [0, 0.05) is 17.3 Å². The summed E-state index contributed by atoms with van der Waals surface area (Å²) in [4.78, 5) is 0.